The number of hydrogen-bond acceptors (Lipinski definition) is 4. The Labute approximate surface area is 288 Å². The fourth-order valence-corrected chi connectivity index (χ4v) is 6.05. The number of carboxylic acids is 1. The minimum Gasteiger partial charge on any atom is -0.481 e. The van der Waals surface area contributed by atoms with E-state index in [4.69, 9.17) is 11.6 Å². The first kappa shape index (κ1) is 39.9. The van der Waals surface area contributed by atoms with Gasteiger partial charge in [-0.2, -0.15) is 26.3 Å². The normalized spacial score (nSPS) is 16.9. The molecule has 0 saturated heterocycles. The number of aliphatic carboxylic acids is 1. The fraction of sp³-hybridized carbons (Fsp3) is 0.424. The number of nitrogens with zero attached hydrogens (tertiary/aromatic N) is 2. The van der Waals surface area contributed by atoms with E-state index in [0.717, 1.165) is 12.1 Å². The Morgan fingerprint density at radius 1 is 0.816 bits per heavy atom. The molecule has 0 aromatic heterocycles. The van der Waals surface area contributed by atoms with Crippen molar-refractivity contribution in [3.63, 3.8) is 0 Å². The zero-order chi connectivity index (χ0) is 35.4. The number of halogens is 11. The van der Waals surface area contributed by atoms with Gasteiger partial charge < -0.3 is 19.6 Å². The topological polar surface area (TPSA) is 53.0 Å². The molecule has 5 nitrogen and oxygen atoms in total. The van der Waals surface area contributed by atoms with Crippen LogP contribution in [0.5, 0.6) is 5.75 Å². The Kier molecular flexibility index (Phi) is 13.0. The van der Waals surface area contributed by atoms with Crippen molar-refractivity contribution in [2.24, 2.45) is 11.8 Å². The molecule has 0 spiro atoms. The van der Waals surface area contributed by atoms with Crippen molar-refractivity contribution < 1.29 is 54.2 Å². The van der Waals surface area contributed by atoms with Crippen LogP contribution in [-0.4, -0.2) is 30.5 Å². The second kappa shape index (κ2) is 16.0. The molecule has 0 heterocycles. The van der Waals surface area contributed by atoms with E-state index in [-0.39, 0.29) is 42.1 Å². The Bertz CT molecular complexity index is 1520. The summed E-state index contributed by atoms with van der Waals surface area (Å²) in [7, 11) is 0. The second-order valence-electron chi connectivity index (χ2n) is 11.7. The van der Waals surface area contributed by atoms with E-state index >= 15 is 0 Å². The van der Waals surface area contributed by atoms with Gasteiger partial charge in [0.25, 0.3) is 0 Å². The van der Waals surface area contributed by atoms with E-state index in [1.54, 1.807) is 0 Å². The molecule has 1 saturated carbocycles. The molecule has 16 heteroatoms. The average Bonchev–Trinajstić information content (AvgIpc) is 2.99. The van der Waals surface area contributed by atoms with Gasteiger partial charge in [-0.05, 0) is 110 Å². The van der Waals surface area contributed by atoms with Gasteiger partial charge >= 0.3 is 24.7 Å². The first-order valence-electron chi connectivity index (χ1n) is 15.0. The summed E-state index contributed by atoms with van der Waals surface area (Å²) >= 11 is 6.03. The zero-order valence-corrected chi connectivity index (χ0v) is 27.5. The van der Waals surface area contributed by atoms with E-state index in [9.17, 15) is 49.4 Å². The molecule has 3 aromatic carbocycles. The van der Waals surface area contributed by atoms with Crippen molar-refractivity contribution in [3.8, 4) is 5.75 Å². The SMILES string of the molecule is CCN(CC1CCC(C(=O)O)CC1)c1ccc(OC(F)(F)F)cc1CN(Cc1cc(C(F)(F)F)cc(C(F)(F)F)c1)c1ccc(Cl)cc1.Cl. The van der Waals surface area contributed by atoms with Gasteiger partial charge in [0.2, 0.25) is 0 Å². The Hall–Kier alpha value is -3.52. The zero-order valence-electron chi connectivity index (χ0n) is 25.9. The number of ether oxygens (including phenoxy) is 1. The molecule has 0 unspecified atom stereocenters. The molecule has 3 aromatic rings. The van der Waals surface area contributed by atoms with Crippen LogP contribution in [0.25, 0.3) is 0 Å². The molecule has 0 radical (unpaired) electrons. The van der Waals surface area contributed by atoms with E-state index in [1.165, 1.54) is 35.2 Å². The van der Waals surface area contributed by atoms with Gasteiger partial charge in [0.15, 0.2) is 0 Å². The maximum absolute atomic E-state index is 13.7. The lowest BCUT2D eigenvalue weighted by Gasteiger charge is -2.34. The first-order chi connectivity index (χ1) is 22.3. The molecule has 1 aliphatic rings. The number of anilines is 2. The quantitative estimate of drug-likeness (QED) is 0.198. The lowest BCUT2D eigenvalue weighted by Crippen LogP contribution is -2.34. The largest absolute Gasteiger partial charge is 0.573 e. The fourth-order valence-electron chi connectivity index (χ4n) is 5.92. The molecule has 1 aliphatic carbocycles. The molecule has 4 rings (SSSR count). The summed E-state index contributed by atoms with van der Waals surface area (Å²) < 4.78 is 126. The highest BCUT2D eigenvalue weighted by molar-refractivity contribution is 6.30. The van der Waals surface area contributed by atoms with E-state index < -0.39 is 54.0 Å². The van der Waals surface area contributed by atoms with Crippen LogP contribution in [-0.2, 0) is 30.2 Å². The van der Waals surface area contributed by atoms with Crippen molar-refractivity contribution in [2.45, 2.75) is 64.4 Å². The van der Waals surface area contributed by atoms with Crippen LogP contribution in [0.3, 0.4) is 0 Å². The van der Waals surface area contributed by atoms with E-state index in [1.807, 2.05) is 11.8 Å². The van der Waals surface area contributed by atoms with Crippen molar-refractivity contribution in [3.05, 3.63) is 87.9 Å². The lowest BCUT2D eigenvalue weighted by atomic mass is 9.81. The molecule has 0 aliphatic heterocycles. The third-order valence-electron chi connectivity index (χ3n) is 8.26. The van der Waals surface area contributed by atoms with E-state index in [2.05, 4.69) is 4.74 Å². The molecule has 0 atom stereocenters. The van der Waals surface area contributed by atoms with Gasteiger partial charge in [-0.1, -0.05) is 11.6 Å². The second-order valence-corrected chi connectivity index (χ2v) is 12.1. The molecule has 1 fully saturated rings. The molecule has 0 amide bonds. The summed E-state index contributed by atoms with van der Waals surface area (Å²) in [4.78, 5) is 14.8. The summed E-state index contributed by atoms with van der Waals surface area (Å²) in [5, 5.41) is 9.66. The van der Waals surface area contributed by atoms with Gasteiger partial charge in [0.05, 0.1) is 17.0 Å². The van der Waals surface area contributed by atoms with Crippen molar-refractivity contribution in [1.82, 2.24) is 0 Å². The predicted molar refractivity (Wildman–Crippen MR) is 169 cm³/mol. The lowest BCUT2D eigenvalue weighted by molar-refractivity contribution is -0.274. The minimum absolute atomic E-state index is 0. The van der Waals surface area contributed by atoms with Gasteiger partial charge in [-0.3, -0.25) is 4.79 Å². The first-order valence-corrected chi connectivity index (χ1v) is 15.4. The van der Waals surface area contributed by atoms with Crippen molar-refractivity contribution >= 4 is 41.4 Å². The Balaban J connectivity index is 0.00000650. The maximum Gasteiger partial charge on any atom is 0.573 e. The molecular weight excluding hydrogens is 714 g/mol. The number of benzene rings is 3. The summed E-state index contributed by atoms with van der Waals surface area (Å²) in [6.45, 7) is 1.94. The van der Waals surface area contributed by atoms with Crippen molar-refractivity contribution in [1.29, 1.82) is 0 Å². The average molecular weight is 748 g/mol. The summed E-state index contributed by atoms with van der Waals surface area (Å²) in [5.74, 6) is -1.80. The smallest absolute Gasteiger partial charge is 0.481 e. The maximum atomic E-state index is 13.7. The van der Waals surface area contributed by atoms with Crippen LogP contribution in [0.1, 0.15) is 54.9 Å². The van der Waals surface area contributed by atoms with Crippen LogP contribution < -0.4 is 14.5 Å². The number of carbonyl (C=O) groups is 1. The van der Waals surface area contributed by atoms with Crippen LogP contribution in [0.4, 0.5) is 50.9 Å². The van der Waals surface area contributed by atoms with Gasteiger partial charge in [0, 0.05) is 42.6 Å². The molecule has 49 heavy (non-hydrogen) atoms. The molecule has 1 N–H and O–H groups in total. The Morgan fingerprint density at radius 3 is 1.88 bits per heavy atom. The minimum atomic E-state index is -5.08. The van der Waals surface area contributed by atoms with Crippen LogP contribution in [0, 0.1) is 11.8 Å². The number of rotatable bonds is 11. The predicted octanol–water partition coefficient (Wildman–Crippen LogP) is 10.6. The number of alkyl halides is 9. The van der Waals surface area contributed by atoms with Gasteiger partial charge in [0.1, 0.15) is 5.75 Å². The Morgan fingerprint density at radius 2 is 1.39 bits per heavy atom. The standard InChI is InChI=1S/C33H32ClF9N2O3.ClH/c1-2-44(17-20-3-5-22(6-4-20)30(46)47)29-12-11-28(48-33(41,42)43)15-23(29)19-45(27-9-7-26(34)8-10-27)18-21-13-24(31(35,36)37)16-25(14-21)32(38,39)40;/h7-16,20,22H,2-6,17-19H2,1H3,(H,46,47);1H. The van der Waals surface area contributed by atoms with Crippen LogP contribution >= 0.6 is 24.0 Å². The van der Waals surface area contributed by atoms with Gasteiger partial charge in [-0.15, -0.1) is 25.6 Å². The highest BCUT2D eigenvalue weighted by Crippen LogP contribution is 2.38. The highest BCUT2D eigenvalue weighted by Gasteiger charge is 2.37. The molecule has 0 bridgehead atoms. The highest BCUT2D eigenvalue weighted by atomic mass is 35.5. The van der Waals surface area contributed by atoms with Crippen LogP contribution in [0.15, 0.2) is 60.7 Å². The summed E-state index contributed by atoms with van der Waals surface area (Å²) in [5.41, 5.74) is -2.27. The third-order valence-corrected chi connectivity index (χ3v) is 8.51. The number of hydrogen-bond donors (Lipinski definition) is 1. The summed E-state index contributed by atoms with van der Waals surface area (Å²) in [6.07, 6.45) is -13.0. The van der Waals surface area contributed by atoms with Crippen molar-refractivity contribution in [2.75, 3.05) is 22.9 Å². The van der Waals surface area contributed by atoms with Gasteiger partial charge in [-0.25, -0.2) is 0 Å². The molecule has 270 valence electrons. The third kappa shape index (κ3) is 11.2. The van der Waals surface area contributed by atoms with Crippen LogP contribution in [0.2, 0.25) is 5.02 Å². The monoisotopic (exact) mass is 746 g/mol. The summed E-state index contributed by atoms with van der Waals surface area (Å²) in [6, 6.07) is 10.9. The molecular formula is C33H33Cl2F9N2O3. The number of carboxylic acid groups (broad SMARTS) is 1. The van der Waals surface area contributed by atoms with E-state index in [0.29, 0.717) is 67.3 Å².